The van der Waals surface area contributed by atoms with Crippen molar-refractivity contribution in [1.29, 1.82) is 0 Å². The van der Waals surface area contributed by atoms with Gasteiger partial charge < -0.3 is 24.4 Å². The summed E-state index contributed by atoms with van der Waals surface area (Å²) < 4.78 is 15.3. The number of methoxy groups -OCH3 is 3. The molecule has 0 bridgehead atoms. The lowest BCUT2D eigenvalue weighted by atomic mass is 10.1. The number of esters is 1. The van der Waals surface area contributed by atoms with Gasteiger partial charge in [0.15, 0.2) is 0 Å². The van der Waals surface area contributed by atoms with Crippen LogP contribution < -0.4 is 14.8 Å². The first-order valence-corrected chi connectivity index (χ1v) is 11.4. The highest BCUT2D eigenvalue weighted by Crippen LogP contribution is 2.24. The molecule has 0 saturated carbocycles. The van der Waals surface area contributed by atoms with Gasteiger partial charge in [-0.25, -0.2) is 0 Å². The average Bonchev–Trinajstić information content (AvgIpc) is 2.82. The lowest BCUT2D eigenvalue weighted by Gasteiger charge is -2.25. The molecule has 0 saturated heterocycles. The molecule has 1 N–H and O–H groups in total. The second-order valence-electron chi connectivity index (χ2n) is 7.36. The van der Waals surface area contributed by atoms with E-state index in [2.05, 4.69) is 5.32 Å². The van der Waals surface area contributed by atoms with Crippen molar-refractivity contribution in [3.8, 4) is 11.5 Å². The summed E-state index contributed by atoms with van der Waals surface area (Å²) in [6.45, 7) is 3.62. The number of carbonyl (C=O) groups is 3. The fourth-order valence-corrected chi connectivity index (χ4v) is 3.74. The Kier molecular flexibility index (Phi) is 10.1. The van der Waals surface area contributed by atoms with Gasteiger partial charge in [-0.05, 0) is 43.7 Å². The van der Waals surface area contributed by atoms with Crippen LogP contribution in [0.3, 0.4) is 0 Å². The molecule has 8 nitrogen and oxygen atoms in total. The predicted molar refractivity (Wildman–Crippen MR) is 129 cm³/mol. The van der Waals surface area contributed by atoms with E-state index in [0.717, 1.165) is 11.1 Å². The summed E-state index contributed by atoms with van der Waals surface area (Å²) in [7, 11) is 4.35. The van der Waals surface area contributed by atoms with Crippen molar-refractivity contribution in [2.24, 2.45) is 0 Å². The average molecular weight is 475 g/mol. The van der Waals surface area contributed by atoms with E-state index in [-0.39, 0.29) is 30.7 Å². The van der Waals surface area contributed by atoms with Crippen LogP contribution in [-0.2, 0) is 25.7 Å². The zero-order chi connectivity index (χ0) is 24.4. The molecule has 2 aromatic carbocycles. The predicted octanol–water partition coefficient (Wildman–Crippen LogP) is 3.27. The van der Waals surface area contributed by atoms with E-state index in [1.807, 2.05) is 31.2 Å². The van der Waals surface area contributed by atoms with E-state index < -0.39 is 11.2 Å². The highest BCUT2D eigenvalue weighted by molar-refractivity contribution is 8.01. The summed E-state index contributed by atoms with van der Waals surface area (Å²) in [5.41, 5.74) is 2.53. The molecule has 2 amide bonds. The molecule has 0 aromatic heterocycles. The first-order valence-electron chi connectivity index (χ1n) is 10.3. The Morgan fingerprint density at radius 1 is 1.00 bits per heavy atom. The van der Waals surface area contributed by atoms with Gasteiger partial charge in [0, 0.05) is 18.3 Å². The molecule has 178 valence electrons. The minimum atomic E-state index is -0.550. The number of ether oxygens (including phenoxy) is 3. The van der Waals surface area contributed by atoms with Crippen molar-refractivity contribution in [2.45, 2.75) is 25.6 Å². The number of nitrogens with one attached hydrogen (secondary N) is 1. The summed E-state index contributed by atoms with van der Waals surface area (Å²) in [5.74, 6) is 0.221. The number of nitrogens with zero attached hydrogens (tertiary/aromatic N) is 1. The summed E-state index contributed by atoms with van der Waals surface area (Å²) in [4.78, 5) is 38.8. The monoisotopic (exact) mass is 474 g/mol. The zero-order valence-electron chi connectivity index (χ0n) is 19.5. The third-order valence-corrected chi connectivity index (χ3v) is 5.92. The Morgan fingerprint density at radius 2 is 1.61 bits per heavy atom. The number of benzene rings is 2. The number of carbonyl (C=O) groups excluding carboxylic acids is 3. The first-order chi connectivity index (χ1) is 15.7. The van der Waals surface area contributed by atoms with Gasteiger partial charge in [-0.3, -0.25) is 14.4 Å². The molecule has 9 heteroatoms. The van der Waals surface area contributed by atoms with Gasteiger partial charge in [0.1, 0.15) is 18.0 Å². The molecule has 2 rings (SSSR count). The third kappa shape index (κ3) is 8.34. The highest BCUT2D eigenvalue weighted by Gasteiger charge is 2.25. The van der Waals surface area contributed by atoms with Crippen LogP contribution in [0.2, 0.25) is 0 Å². The maximum atomic E-state index is 13.1. The third-order valence-electron chi connectivity index (χ3n) is 4.79. The van der Waals surface area contributed by atoms with Gasteiger partial charge in [0.05, 0.1) is 32.3 Å². The largest absolute Gasteiger partial charge is 0.497 e. The normalized spacial score (nSPS) is 11.3. The fourth-order valence-electron chi connectivity index (χ4n) is 2.97. The minimum absolute atomic E-state index is 0.0971. The number of anilines is 1. The maximum absolute atomic E-state index is 13.1. The molecule has 0 radical (unpaired) electrons. The van der Waals surface area contributed by atoms with Crippen LogP contribution in [0.25, 0.3) is 0 Å². The van der Waals surface area contributed by atoms with Gasteiger partial charge in [-0.15, -0.1) is 11.8 Å². The molecule has 0 fully saturated rings. The van der Waals surface area contributed by atoms with Gasteiger partial charge in [-0.2, -0.15) is 0 Å². The summed E-state index contributed by atoms with van der Waals surface area (Å²) in [6, 6.07) is 12.7. The van der Waals surface area contributed by atoms with Crippen molar-refractivity contribution in [1.82, 2.24) is 4.90 Å². The molecule has 0 heterocycles. The summed E-state index contributed by atoms with van der Waals surface area (Å²) in [6.07, 6.45) is 0. The van der Waals surface area contributed by atoms with Crippen LogP contribution >= 0.6 is 11.8 Å². The van der Waals surface area contributed by atoms with Crippen LogP contribution in [-0.4, -0.2) is 61.6 Å². The maximum Gasteiger partial charge on any atom is 0.325 e. The Labute approximate surface area is 198 Å². The lowest BCUT2D eigenvalue weighted by Crippen LogP contribution is -2.40. The lowest BCUT2D eigenvalue weighted by molar-refractivity contribution is -0.147. The smallest absolute Gasteiger partial charge is 0.325 e. The van der Waals surface area contributed by atoms with E-state index in [1.165, 1.54) is 38.0 Å². The number of rotatable bonds is 11. The minimum Gasteiger partial charge on any atom is -0.497 e. The van der Waals surface area contributed by atoms with E-state index in [1.54, 1.807) is 25.1 Å². The van der Waals surface area contributed by atoms with E-state index >= 15 is 0 Å². The number of thioether (sulfide) groups is 1. The van der Waals surface area contributed by atoms with Crippen molar-refractivity contribution < 1.29 is 28.6 Å². The topological polar surface area (TPSA) is 94.2 Å². The van der Waals surface area contributed by atoms with E-state index in [9.17, 15) is 14.4 Å². The van der Waals surface area contributed by atoms with Gasteiger partial charge in [-0.1, -0.05) is 17.7 Å². The number of aryl methyl sites for hydroxylation is 1. The fraction of sp³-hybridized carbons (Fsp3) is 0.375. The second kappa shape index (κ2) is 12.7. The molecule has 1 unspecified atom stereocenters. The Morgan fingerprint density at radius 3 is 2.15 bits per heavy atom. The Balaban J connectivity index is 2.05. The van der Waals surface area contributed by atoms with Crippen molar-refractivity contribution in [3.63, 3.8) is 0 Å². The molecular weight excluding hydrogens is 444 g/mol. The van der Waals surface area contributed by atoms with Gasteiger partial charge in [0.25, 0.3) is 0 Å². The number of hydrogen-bond donors (Lipinski definition) is 1. The van der Waals surface area contributed by atoms with Crippen LogP contribution in [0.5, 0.6) is 11.5 Å². The summed E-state index contributed by atoms with van der Waals surface area (Å²) in [5, 5.41) is 2.26. The molecular formula is C24H30N2O6S. The molecule has 2 aromatic rings. The van der Waals surface area contributed by atoms with Crippen molar-refractivity contribution in [2.75, 3.05) is 38.9 Å². The van der Waals surface area contributed by atoms with Crippen LogP contribution in [0.15, 0.2) is 42.5 Å². The standard InChI is InChI=1S/C24H30N2O6S/c1-16-6-8-19(9-7-16)25-22(27)15-33-17(2)24(29)26(14-23(28)32-5)13-18-10-20(30-3)12-21(11-18)31-4/h6-12,17H,13-15H2,1-5H3,(H,25,27). The molecule has 0 aliphatic rings. The quantitative estimate of drug-likeness (QED) is 0.500. The van der Waals surface area contributed by atoms with Crippen LogP contribution in [0, 0.1) is 6.92 Å². The molecule has 33 heavy (non-hydrogen) atoms. The first kappa shape index (κ1) is 26.1. The highest BCUT2D eigenvalue weighted by atomic mass is 32.2. The van der Waals surface area contributed by atoms with Gasteiger partial charge in [0.2, 0.25) is 11.8 Å². The molecule has 0 aliphatic heterocycles. The summed E-state index contributed by atoms with van der Waals surface area (Å²) >= 11 is 1.20. The van der Waals surface area contributed by atoms with E-state index in [0.29, 0.717) is 17.2 Å². The zero-order valence-corrected chi connectivity index (χ0v) is 20.4. The van der Waals surface area contributed by atoms with Gasteiger partial charge >= 0.3 is 5.97 Å². The Hall–Kier alpha value is -3.20. The molecule has 1 atom stereocenters. The van der Waals surface area contributed by atoms with Crippen molar-refractivity contribution in [3.05, 3.63) is 53.6 Å². The van der Waals surface area contributed by atoms with Crippen LogP contribution in [0.1, 0.15) is 18.1 Å². The van der Waals surface area contributed by atoms with Crippen LogP contribution in [0.4, 0.5) is 5.69 Å². The molecule has 0 spiro atoms. The molecule has 0 aliphatic carbocycles. The Bertz CT molecular complexity index is 942. The van der Waals surface area contributed by atoms with Crippen molar-refractivity contribution >= 4 is 35.2 Å². The van der Waals surface area contributed by atoms with E-state index in [4.69, 9.17) is 14.2 Å². The SMILES string of the molecule is COC(=O)CN(Cc1cc(OC)cc(OC)c1)C(=O)C(C)SCC(=O)Nc1ccc(C)cc1. The second-order valence-corrected chi connectivity index (χ2v) is 8.69. The number of amides is 2. The number of hydrogen-bond acceptors (Lipinski definition) is 7.